The Balaban J connectivity index is 1.69. The van der Waals surface area contributed by atoms with E-state index >= 15 is 0 Å². The number of cyclic esters (lactones) is 1. The van der Waals surface area contributed by atoms with Gasteiger partial charge in [-0.2, -0.15) is 0 Å². The van der Waals surface area contributed by atoms with Gasteiger partial charge >= 0.3 is 11.9 Å². The number of hydrogen-bond acceptors (Lipinski definition) is 10. The van der Waals surface area contributed by atoms with Crippen LogP contribution in [-0.4, -0.2) is 83.1 Å². The molecule has 10 heteroatoms. The van der Waals surface area contributed by atoms with Gasteiger partial charge < -0.3 is 39.8 Å². The number of carbonyl (C=O) groups is 2. The van der Waals surface area contributed by atoms with Crippen LogP contribution in [-0.2, 0) is 41.6 Å². The summed E-state index contributed by atoms with van der Waals surface area (Å²) in [7, 11) is 1.76. The van der Waals surface area contributed by atoms with E-state index in [1.54, 1.807) is 20.1 Å². The van der Waals surface area contributed by atoms with Gasteiger partial charge in [-0.25, -0.2) is 0 Å². The van der Waals surface area contributed by atoms with Crippen LogP contribution in [0.4, 0.5) is 0 Å². The molecule has 4 N–H and O–H groups in total. The van der Waals surface area contributed by atoms with Crippen molar-refractivity contribution in [1.29, 1.82) is 0 Å². The van der Waals surface area contributed by atoms with Crippen LogP contribution in [0.15, 0.2) is 96.6 Å². The van der Waals surface area contributed by atoms with Crippen LogP contribution < -0.4 is 10.6 Å². The highest BCUT2D eigenvalue weighted by Crippen LogP contribution is 2.39. The van der Waals surface area contributed by atoms with Crippen molar-refractivity contribution in [1.82, 2.24) is 10.6 Å². The molecule has 10 nitrogen and oxygen atoms in total. The Hall–Kier alpha value is -3.64. The Bertz CT molecular complexity index is 1590. The van der Waals surface area contributed by atoms with Crippen molar-refractivity contribution >= 4 is 11.9 Å². The summed E-state index contributed by atoms with van der Waals surface area (Å²) in [5.41, 5.74) is 1.04. The monoisotopic (exact) mass is 760 g/mol. The molecule has 0 saturated carbocycles. The third-order valence-corrected chi connectivity index (χ3v) is 11.1. The maximum absolute atomic E-state index is 13.1. The average Bonchev–Trinajstić information content (AvgIpc) is 3.95. The van der Waals surface area contributed by atoms with E-state index in [1.807, 2.05) is 68.5 Å². The number of epoxide rings is 1. The molecule has 0 aromatic heterocycles. The Morgan fingerprint density at radius 3 is 2.29 bits per heavy atom. The minimum absolute atomic E-state index is 0.0110. The molecule has 2 aromatic carbocycles. The molecule has 0 spiro atoms. The minimum atomic E-state index is -1.44. The second-order valence-corrected chi connectivity index (χ2v) is 15.8. The fraction of sp³-hybridized carbons (Fsp3) is 0.556. The fourth-order valence-corrected chi connectivity index (χ4v) is 7.57. The number of benzene rings is 2. The topological polar surface area (TPSA) is 139 Å². The van der Waals surface area contributed by atoms with Gasteiger partial charge in [-0.15, -0.1) is 0 Å². The van der Waals surface area contributed by atoms with Crippen LogP contribution in [0.25, 0.3) is 0 Å². The number of methoxy groups -OCH3 is 1. The predicted octanol–water partition coefficient (Wildman–Crippen LogP) is 6.36. The lowest BCUT2D eigenvalue weighted by atomic mass is 9.84. The third-order valence-electron chi connectivity index (χ3n) is 11.1. The van der Waals surface area contributed by atoms with Gasteiger partial charge in [-0.05, 0) is 62.8 Å². The van der Waals surface area contributed by atoms with Crippen molar-refractivity contribution in [2.75, 3.05) is 7.11 Å². The summed E-state index contributed by atoms with van der Waals surface area (Å²) in [5.74, 6) is -1.21. The van der Waals surface area contributed by atoms with Gasteiger partial charge in [0.2, 0.25) is 0 Å². The Morgan fingerprint density at radius 2 is 1.69 bits per heavy atom. The minimum Gasteiger partial charge on any atom is -0.457 e. The van der Waals surface area contributed by atoms with Crippen molar-refractivity contribution in [3.05, 3.63) is 108 Å². The van der Waals surface area contributed by atoms with E-state index in [0.717, 1.165) is 17.6 Å². The van der Waals surface area contributed by atoms with Crippen LogP contribution in [0, 0.1) is 11.8 Å². The zero-order valence-corrected chi connectivity index (χ0v) is 33.9. The quantitative estimate of drug-likeness (QED) is 0.0663. The molecule has 2 aromatic rings. The zero-order chi connectivity index (χ0) is 40.2. The summed E-state index contributed by atoms with van der Waals surface area (Å²) >= 11 is 0. The lowest BCUT2D eigenvalue weighted by Gasteiger charge is -2.37. The van der Waals surface area contributed by atoms with Crippen molar-refractivity contribution < 1.29 is 38.7 Å². The molecule has 0 aliphatic carbocycles. The third kappa shape index (κ3) is 13.0. The summed E-state index contributed by atoms with van der Waals surface area (Å²) in [6, 6.07) is 20.5. The maximum atomic E-state index is 13.1. The molecule has 2 aliphatic rings. The number of esters is 2. The largest absolute Gasteiger partial charge is 0.457 e. The first-order chi connectivity index (χ1) is 26.2. The zero-order valence-electron chi connectivity index (χ0n) is 33.9. The van der Waals surface area contributed by atoms with E-state index < -0.39 is 41.4 Å². The van der Waals surface area contributed by atoms with Gasteiger partial charge in [-0.1, -0.05) is 106 Å². The first kappa shape index (κ1) is 44.1. The van der Waals surface area contributed by atoms with E-state index in [-0.39, 0.29) is 55.5 Å². The van der Waals surface area contributed by atoms with Crippen molar-refractivity contribution in [2.24, 2.45) is 11.8 Å². The second-order valence-electron chi connectivity index (χ2n) is 15.8. The standard InChI is InChI=1S/C45H64N2O8/c1-9-37(52-8)32(4)41-42(55-41)43(46-28-34-18-12-10-13-19-34)44(6,47-29-35-20-14-11-15-21-35)25-16-17-30(2)40-31(3)22-23-38(53-33(5)48)45(7,51)26-24-36(49)27-39(50)54-40/h10-23,25,31-32,36-38,40-43,46-47,49,51H,9,24,26-29H2,1-8H3/b23-22+,25-16+,30-17+/t31-,32+,36+,37-,38-,40+,41+,42-,43?,44?,45?/m0/s1. The molecule has 1 saturated heterocycles. The van der Waals surface area contributed by atoms with Crippen molar-refractivity contribution in [3.8, 4) is 0 Å². The summed E-state index contributed by atoms with van der Waals surface area (Å²) in [6.45, 7) is 14.5. The number of aliphatic hydroxyl groups excluding tert-OH is 1. The van der Waals surface area contributed by atoms with Crippen LogP contribution in [0.1, 0.15) is 85.3 Å². The fourth-order valence-electron chi connectivity index (χ4n) is 7.57. The number of rotatable bonds is 16. The lowest BCUT2D eigenvalue weighted by molar-refractivity contribution is -0.157. The highest BCUT2D eigenvalue weighted by molar-refractivity contribution is 5.70. The van der Waals surface area contributed by atoms with E-state index in [9.17, 15) is 19.8 Å². The number of ether oxygens (including phenoxy) is 4. The first-order valence-corrected chi connectivity index (χ1v) is 19.7. The molecule has 3 unspecified atom stereocenters. The van der Waals surface area contributed by atoms with E-state index in [4.69, 9.17) is 18.9 Å². The van der Waals surface area contributed by atoms with E-state index in [2.05, 4.69) is 61.7 Å². The predicted molar refractivity (Wildman–Crippen MR) is 215 cm³/mol. The van der Waals surface area contributed by atoms with Gasteiger partial charge in [0.15, 0.2) is 0 Å². The highest BCUT2D eigenvalue weighted by Gasteiger charge is 2.54. The SMILES string of the molecule is CC[C@H](OC)[C@@H](C)[C@H]1O[C@@H]1C(NCc1ccccc1)C(C)(/C=C/C=C(\C)[C@H]1OC(=O)C[C@H](O)CCC(C)(O)[C@@H](OC(C)=O)/C=C/[C@@H]1C)NCc1ccccc1. The van der Waals surface area contributed by atoms with Crippen LogP contribution in [0.3, 0.4) is 0 Å². The number of hydrogen-bond donors (Lipinski definition) is 4. The lowest BCUT2D eigenvalue weighted by Crippen LogP contribution is -2.59. The summed E-state index contributed by atoms with van der Waals surface area (Å²) in [5, 5.41) is 29.6. The normalized spacial score (nSPS) is 29.9. The van der Waals surface area contributed by atoms with Crippen LogP contribution >= 0.6 is 0 Å². The molecular formula is C45H64N2O8. The Morgan fingerprint density at radius 1 is 1.05 bits per heavy atom. The number of nitrogens with one attached hydrogen (secondary N) is 2. The molecule has 0 radical (unpaired) electrons. The molecule has 0 amide bonds. The molecule has 0 bridgehead atoms. The van der Waals surface area contributed by atoms with Crippen LogP contribution in [0.5, 0.6) is 0 Å². The molecule has 1 fully saturated rings. The van der Waals surface area contributed by atoms with Gasteiger partial charge in [0, 0.05) is 39.0 Å². The molecule has 11 atom stereocenters. The van der Waals surface area contributed by atoms with Gasteiger partial charge in [-0.3, -0.25) is 9.59 Å². The molecular weight excluding hydrogens is 697 g/mol. The van der Waals surface area contributed by atoms with Crippen LogP contribution in [0.2, 0.25) is 0 Å². The van der Waals surface area contributed by atoms with Crippen molar-refractivity contribution in [3.63, 3.8) is 0 Å². The average molecular weight is 761 g/mol. The molecule has 2 heterocycles. The number of aliphatic hydroxyl groups is 2. The molecule has 55 heavy (non-hydrogen) atoms. The van der Waals surface area contributed by atoms with E-state index in [1.165, 1.54) is 12.5 Å². The number of allylic oxidation sites excluding steroid dienone is 2. The highest BCUT2D eigenvalue weighted by atomic mass is 16.6. The summed E-state index contributed by atoms with van der Waals surface area (Å²) in [4.78, 5) is 25.1. The second kappa shape index (κ2) is 20.5. The van der Waals surface area contributed by atoms with Gasteiger partial charge in [0.1, 0.15) is 23.9 Å². The van der Waals surface area contributed by atoms with Gasteiger partial charge in [0.25, 0.3) is 0 Å². The summed E-state index contributed by atoms with van der Waals surface area (Å²) in [6.07, 6.45) is 7.84. The Labute approximate surface area is 328 Å². The molecule has 302 valence electrons. The summed E-state index contributed by atoms with van der Waals surface area (Å²) < 4.78 is 23.8. The Kier molecular flexibility index (Phi) is 16.4. The maximum Gasteiger partial charge on any atom is 0.309 e. The molecule has 4 rings (SSSR count). The van der Waals surface area contributed by atoms with Gasteiger partial charge in [0.05, 0.1) is 36.3 Å². The van der Waals surface area contributed by atoms with E-state index in [0.29, 0.717) is 13.1 Å². The first-order valence-electron chi connectivity index (χ1n) is 19.7. The number of carbonyl (C=O) groups excluding carboxylic acids is 2. The molecule has 2 aliphatic heterocycles. The van der Waals surface area contributed by atoms with Crippen molar-refractivity contribution in [2.45, 2.75) is 141 Å². The smallest absolute Gasteiger partial charge is 0.309 e.